The van der Waals surface area contributed by atoms with Crippen LogP contribution in [0.15, 0.2) is 27.4 Å². The molecule has 0 amide bonds. The summed E-state index contributed by atoms with van der Waals surface area (Å²) < 4.78 is 1.93. The van der Waals surface area contributed by atoms with Gasteiger partial charge in [-0.05, 0) is 43.8 Å². The summed E-state index contributed by atoms with van der Waals surface area (Å²) in [4.78, 5) is 10.1. The van der Waals surface area contributed by atoms with Crippen LogP contribution in [0.25, 0.3) is 10.7 Å². The number of pyridine rings is 1. The standard InChI is InChI=1S/C11H10Br2N2S/c1-6(2)9-5-15-11(16-9)10-8(13)3-7(12)4-14-10/h3-6H,1-2H3. The van der Waals surface area contributed by atoms with Crippen LogP contribution >= 0.6 is 43.2 Å². The van der Waals surface area contributed by atoms with Crippen molar-refractivity contribution < 1.29 is 0 Å². The summed E-state index contributed by atoms with van der Waals surface area (Å²) in [5.41, 5.74) is 0.903. The molecule has 0 N–H and O–H groups in total. The molecule has 0 unspecified atom stereocenters. The van der Waals surface area contributed by atoms with Gasteiger partial charge in [0.25, 0.3) is 0 Å². The number of halogens is 2. The van der Waals surface area contributed by atoms with Crippen molar-refractivity contribution in [2.45, 2.75) is 19.8 Å². The molecule has 0 saturated carbocycles. The van der Waals surface area contributed by atoms with E-state index in [1.807, 2.05) is 12.3 Å². The average Bonchev–Trinajstić information content (AvgIpc) is 2.66. The van der Waals surface area contributed by atoms with Crippen LogP contribution in [0.2, 0.25) is 0 Å². The molecule has 2 nitrogen and oxygen atoms in total. The second-order valence-corrected chi connectivity index (χ2v) is 6.54. The summed E-state index contributed by atoms with van der Waals surface area (Å²) in [6.45, 7) is 4.34. The summed E-state index contributed by atoms with van der Waals surface area (Å²) >= 11 is 8.59. The Kier molecular flexibility index (Phi) is 3.77. The SMILES string of the molecule is CC(C)c1cnc(-c2ncc(Br)cc2Br)s1. The first-order chi connectivity index (χ1) is 7.58. The highest BCUT2D eigenvalue weighted by Crippen LogP contribution is 2.33. The van der Waals surface area contributed by atoms with Gasteiger partial charge in [0.05, 0.1) is 0 Å². The van der Waals surface area contributed by atoms with Gasteiger partial charge in [-0.3, -0.25) is 4.98 Å². The summed E-state index contributed by atoms with van der Waals surface area (Å²) in [7, 11) is 0. The lowest BCUT2D eigenvalue weighted by atomic mass is 10.2. The highest BCUT2D eigenvalue weighted by molar-refractivity contribution is 9.11. The molecule has 0 fully saturated rings. The molecule has 0 aliphatic heterocycles. The Balaban J connectivity index is 2.42. The van der Waals surface area contributed by atoms with Crippen LogP contribution in [-0.4, -0.2) is 9.97 Å². The molecule has 5 heteroatoms. The van der Waals surface area contributed by atoms with Crippen LogP contribution in [0, 0.1) is 0 Å². The lowest BCUT2D eigenvalue weighted by molar-refractivity contribution is 0.885. The summed E-state index contributed by atoms with van der Waals surface area (Å²) in [6, 6.07) is 1.98. The van der Waals surface area contributed by atoms with Crippen molar-refractivity contribution in [1.29, 1.82) is 0 Å². The van der Waals surface area contributed by atoms with Crippen molar-refractivity contribution in [2.24, 2.45) is 0 Å². The van der Waals surface area contributed by atoms with Gasteiger partial charge in [-0.25, -0.2) is 4.98 Å². The molecule has 0 aromatic carbocycles. The van der Waals surface area contributed by atoms with Gasteiger partial charge in [0, 0.05) is 26.2 Å². The van der Waals surface area contributed by atoms with Gasteiger partial charge in [-0.2, -0.15) is 0 Å². The monoisotopic (exact) mass is 360 g/mol. The Morgan fingerprint density at radius 1 is 1.19 bits per heavy atom. The number of aromatic nitrogens is 2. The first-order valence-corrected chi connectivity index (χ1v) is 7.25. The van der Waals surface area contributed by atoms with Gasteiger partial charge < -0.3 is 0 Å². The molecule has 0 atom stereocenters. The molecule has 0 saturated heterocycles. The highest BCUT2D eigenvalue weighted by atomic mass is 79.9. The van der Waals surface area contributed by atoms with Crippen LogP contribution in [-0.2, 0) is 0 Å². The molecule has 2 aromatic heterocycles. The predicted molar refractivity (Wildman–Crippen MR) is 74.8 cm³/mol. The van der Waals surface area contributed by atoms with Crippen LogP contribution in [0.1, 0.15) is 24.6 Å². The number of hydrogen-bond donors (Lipinski definition) is 0. The van der Waals surface area contributed by atoms with E-state index in [0.29, 0.717) is 5.92 Å². The van der Waals surface area contributed by atoms with E-state index in [-0.39, 0.29) is 0 Å². The molecule has 2 aromatic rings. The van der Waals surface area contributed by atoms with E-state index in [2.05, 4.69) is 55.7 Å². The third-order valence-corrected chi connectivity index (χ3v) is 4.45. The maximum absolute atomic E-state index is 4.41. The van der Waals surface area contributed by atoms with Crippen LogP contribution in [0.5, 0.6) is 0 Å². The smallest absolute Gasteiger partial charge is 0.143 e. The first kappa shape index (κ1) is 12.2. The molecule has 0 bridgehead atoms. The molecule has 2 heterocycles. The van der Waals surface area contributed by atoms with Crippen molar-refractivity contribution in [3.63, 3.8) is 0 Å². The number of nitrogens with zero attached hydrogens (tertiary/aromatic N) is 2. The minimum atomic E-state index is 0.514. The average molecular weight is 362 g/mol. The Bertz CT molecular complexity index is 508. The lowest BCUT2D eigenvalue weighted by Gasteiger charge is -2.00. The minimum Gasteiger partial charge on any atom is -0.251 e. The topological polar surface area (TPSA) is 25.8 Å². The van der Waals surface area contributed by atoms with E-state index in [4.69, 9.17) is 0 Å². The van der Waals surface area contributed by atoms with Crippen molar-refractivity contribution in [3.05, 3.63) is 32.3 Å². The normalized spacial score (nSPS) is 11.1. The van der Waals surface area contributed by atoms with E-state index in [1.54, 1.807) is 17.5 Å². The molecular formula is C11H10Br2N2S. The fourth-order valence-electron chi connectivity index (χ4n) is 1.23. The van der Waals surface area contributed by atoms with Gasteiger partial charge in [0.2, 0.25) is 0 Å². The Hall–Kier alpha value is -0.260. The Morgan fingerprint density at radius 2 is 1.94 bits per heavy atom. The van der Waals surface area contributed by atoms with Crippen molar-refractivity contribution in [3.8, 4) is 10.7 Å². The van der Waals surface area contributed by atoms with Gasteiger partial charge in [0.15, 0.2) is 0 Å². The summed E-state index contributed by atoms with van der Waals surface area (Å²) in [6.07, 6.45) is 3.72. The second kappa shape index (κ2) is 4.94. The maximum atomic E-state index is 4.41. The quantitative estimate of drug-likeness (QED) is 0.763. The van der Waals surface area contributed by atoms with Crippen molar-refractivity contribution >= 4 is 43.2 Å². The van der Waals surface area contributed by atoms with Gasteiger partial charge in [0.1, 0.15) is 10.7 Å². The third-order valence-electron chi connectivity index (χ3n) is 2.10. The Labute approximate surface area is 115 Å². The summed E-state index contributed by atoms with van der Waals surface area (Å²) in [5.74, 6) is 0.514. The fraction of sp³-hybridized carbons (Fsp3) is 0.273. The zero-order valence-corrected chi connectivity index (χ0v) is 12.9. The fourth-order valence-corrected chi connectivity index (χ4v) is 3.47. The zero-order chi connectivity index (χ0) is 11.7. The zero-order valence-electron chi connectivity index (χ0n) is 8.87. The lowest BCUT2D eigenvalue weighted by Crippen LogP contribution is -1.83. The number of thiazole rings is 1. The molecule has 84 valence electrons. The predicted octanol–water partition coefficient (Wildman–Crippen LogP) is 4.85. The molecule has 2 rings (SSSR count). The molecule has 0 radical (unpaired) electrons. The van der Waals surface area contributed by atoms with E-state index < -0.39 is 0 Å². The second-order valence-electron chi connectivity index (χ2n) is 3.71. The van der Waals surface area contributed by atoms with Gasteiger partial charge >= 0.3 is 0 Å². The van der Waals surface area contributed by atoms with E-state index in [1.165, 1.54) is 4.88 Å². The first-order valence-electron chi connectivity index (χ1n) is 4.85. The molecule has 16 heavy (non-hydrogen) atoms. The highest BCUT2D eigenvalue weighted by Gasteiger charge is 2.11. The van der Waals surface area contributed by atoms with Crippen LogP contribution in [0.3, 0.4) is 0 Å². The van der Waals surface area contributed by atoms with Gasteiger partial charge in [-0.15, -0.1) is 11.3 Å². The molecule has 0 aliphatic rings. The molecule has 0 spiro atoms. The molecule has 0 aliphatic carbocycles. The number of hydrogen-bond acceptors (Lipinski definition) is 3. The largest absolute Gasteiger partial charge is 0.251 e. The summed E-state index contributed by atoms with van der Waals surface area (Å²) in [5, 5.41) is 0.961. The Morgan fingerprint density at radius 3 is 2.50 bits per heavy atom. The third kappa shape index (κ3) is 2.52. The minimum absolute atomic E-state index is 0.514. The van der Waals surface area contributed by atoms with Crippen LogP contribution < -0.4 is 0 Å². The van der Waals surface area contributed by atoms with E-state index in [9.17, 15) is 0 Å². The van der Waals surface area contributed by atoms with Crippen molar-refractivity contribution in [1.82, 2.24) is 9.97 Å². The van der Waals surface area contributed by atoms with E-state index in [0.717, 1.165) is 19.6 Å². The van der Waals surface area contributed by atoms with Gasteiger partial charge in [-0.1, -0.05) is 13.8 Å². The maximum Gasteiger partial charge on any atom is 0.143 e. The van der Waals surface area contributed by atoms with Crippen molar-refractivity contribution in [2.75, 3.05) is 0 Å². The number of rotatable bonds is 2. The van der Waals surface area contributed by atoms with Crippen LogP contribution in [0.4, 0.5) is 0 Å². The van der Waals surface area contributed by atoms with E-state index >= 15 is 0 Å². The molecular weight excluding hydrogens is 352 g/mol.